The van der Waals surface area contributed by atoms with E-state index < -0.39 is 0 Å². The predicted molar refractivity (Wildman–Crippen MR) is 96.2 cm³/mol. The quantitative estimate of drug-likeness (QED) is 0.893. The molecule has 1 aromatic rings. The summed E-state index contributed by atoms with van der Waals surface area (Å²) < 4.78 is 0. The molecule has 2 N–H and O–H groups in total. The predicted octanol–water partition coefficient (Wildman–Crippen LogP) is 2.28. The summed E-state index contributed by atoms with van der Waals surface area (Å²) >= 11 is 0. The number of benzene rings is 1. The smallest absolute Gasteiger partial charge is 0.254 e. The molecule has 2 atom stereocenters. The van der Waals surface area contributed by atoms with Crippen LogP contribution in [0.5, 0.6) is 0 Å². The van der Waals surface area contributed by atoms with Crippen LogP contribution >= 0.6 is 0 Å². The number of nitrogens with one attached hydrogen (secondary N) is 2. The standard InChI is InChI=1S/C19H29N3O2/c1-13-14(2)22(11-10-20-13)18(24)16-8-6-15(7-9-16)17(23)21-12-19(3,4)5/h6-9,13-14,20H,10-12H2,1-5H3,(H,21,23). The third kappa shape index (κ3) is 4.57. The largest absolute Gasteiger partial charge is 0.352 e. The number of nitrogens with zero attached hydrogens (tertiary/aromatic N) is 1. The Morgan fingerprint density at radius 1 is 1.17 bits per heavy atom. The molecule has 24 heavy (non-hydrogen) atoms. The van der Waals surface area contributed by atoms with Gasteiger partial charge in [-0.15, -0.1) is 0 Å². The first-order valence-corrected chi connectivity index (χ1v) is 8.62. The van der Waals surface area contributed by atoms with E-state index in [1.54, 1.807) is 24.3 Å². The van der Waals surface area contributed by atoms with Crippen LogP contribution in [0.2, 0.25) is 0 Å². The normalized spacial score (nSPS) is 21.5. The van der Waals surface area contributed by atoms with E-state index in [9.17, 15) is 9.59 Å². The van der Waals surface area contributed by atoms with Crippen LogP contribution in [-0.2, 0) is 0 Å². The average molecular weight is 331 g/mol. The van der Waals surface area contributed by atoms with Gasteiger partial charge >= 0.3 is 0 Å². The third-order valence-corrected chi connectivity index (χ3v) is 4.47. The molecule has 2 unspecified atom stereocenters. The van der Waals surface area contributed by atoms with E-state index in [1.807, 2.05) is 4.90 Å². The van der Waals surface area contributed by atoms with Crippen molar-refractivity contribution in [2.24, 2.45) is 5.41 Å². The van der Waals surface area contributed by atoms with Crippen molar-refractivity contribution >= 4 is 11.8 Å². The third-order valence-electron chi connectivity index (χ3n) is 4.47. The number of carbonyl (C=O) groups is 2. The van der Waals surface area contributed by atoms with E-state index in [0.717, 1.165) is 6.54 Å². The van der Waals surface area contributed by atoms with Crippen LogP contribution in [-0.4, -0.2) is 48.4 Å². The van der Waals surface area contributed by atoms with E-state index in [2.05, 4.69) is 45.3 Å². The van der Waals surface area contributed by atoms with E-state index in [1.165, 1.54) is 0 Å². The summed E-state index contributed by atoms with van der Waals surface area (Å²) in [4.78, 5) is 26.7. The second-order valence-corrected chi connectivity index (χ2v) is 7.80. The molecule has 1 heterocycles. The van der Waals surface area contributed by atoms with Crippen molar-refractivity contribution < 1.29 is 9.59 Å². The van der Waals surface area contributed by atoms with Crippen LogP contribution < -0.4 is 10.6 Å². The molecule has 5 heteroatoms. The molecule has 0 aromatic heterocycles. The van der Waals surface area contributed by atoms with Crippen molar-refractivity contribution in [3.05, 3.63) is 35.4 Å². The number of hydrogen-bond donors (Lipinski definition) is 2. The monoisotopic (exact) mass is 331 g/mol. The van der Waals surface area contributed by atoms with Crippen molar-refractivity contribution in [2.75, 3.05) is 19.6 Å². The van der Waals surface area contributed by atoms with E-state index >= 15 is 0 Å². The molecule has 0 saturated carbocycles. The zero-order valence-electron chi connectivity index (χ0n) is 15.3. The summed E-state index contributed by atoms with van der Waals surface area (Å²) in [5, 5.41) is 6.29. The van der Waals surface area contributed by atoms with Crippen molar-refractivity contribution in [2.45, 2.75) is 46.7 Å². The Morgan fingerprint density at radius 2 is 1.75 bits per heavy atom. The molecule has 5 nitrogen and oxygen atoms in total. The van der Waals surface area contributed by atoms with Gasteiger partial charge in [-0.05, 0) is 43.5 Å². The second-order valence-electron chi connectivity index (χ2n) is 7.80. The van der Waals surface area contributed by atoms with Gasteiger partial charge in [0.15, 0.2) is 0 Å². The van der Waals surface area contributed by atoms with Crippen LogP contribution in [0.3, 0.4) is 0 Å². The van der Waals surface area contributed by atoms with Gasteiger partial charge in [0.1, 0.15) is 0 Å². The van der Waals surface area contributed by atoms with Crippen LogP contribution in [0.1, 0.15) is 55.3 Å². The van der Waals surface area contributed by atoms with Gasteiger partial charge < -0.3 is 15.5 Å². The Balaban J connectivity index is 2.03. The molecular weight excluding hydrogens is 302 g/mol. The van der Waals surface area contributed by atoms with E-state index in [0.29, 0.717) is 24.2 Å². The maximum Gasteiger partial charge on any atom is 0.254 e. The summed E-state index contributed by atoms with van der Waals surface area (Å²) in [5.74, 6) is -0.0782. The fraction of sp³-hybridized carbons (Fsp3) is 0.579. The molecule has 1 aromatic carbocycles. The zero-order chi connectivity index (χ0) is 17.9. The maximum absolute atomic E-state index is 12.7. The first-order valence-electron chi connectivity index (χ1n) is 8.62. The number of hydrogen-bond acceptors (Lipinski definition) is 3. The molecule has 132 valence electrons. The van der Waals surface area contributed by atoms with Gasteiger partial charge in [-0.2, -0.15) is 0 Å². The molecule has 1 saturated heterocycles. The van der Waals surface area contributed by atoms with Crippen molar-refractivity contribution in [3.8, 4) is 0 Å². The fourth-order valence-corrected chi connectivity index (χ4v) is 2.72. The fourth-order valence-electron chi connectivity index (χ4n) is 2.72. The molecule has 0 spiro atoms. The van der Waals surface area contributed by atoms with Gasteiger partial charge in [0, 0.05) is 42.8 Å². The van der Waals surface area contributed by atoms with Gasteiger partial charge in [0.2, 0.25) is 0 Å². The van der Waals surface area contributed by atoms with Crippen LogP contribution in [0.25, 0.3) is 0 Å². The minimum absolute atomic E-state index is 0.0255. The van der Waals surface area contributed by atoms with Crippen LogP contribution in [0.4, 0.5) is 0 Å². The van der Waals surface area contributed by atoms with Gasteiger partial charge in [-0.3, -0.25) is 9.59 Å². The summed E-state index contributed by atoms with van der Waals surface area (Å²) in [6.45, 7) is 12.5. The lowest BCUT2D eigenvalue weighted by molar-refractivity contribution is 0.0602. The molecule has 0 aliphatic carbocycles. The average Bonchev–Trinajstić information content (AvgIpc) is 2.54. The Kier molecular flexibility index (Phi) is 5.65. The molecule has 2 rings (SSSR count). The summed E-state index contributed by atoms with van der Waals surface area (Å²) in [5.41, 5.74) is 1.25. The Morgan fingerprint density at radius 3 is 2.33 bits per heavy atom. The number of carbonyl (C=O) groups excluding carboxylic acids is 2. The maximum atomic E-state index is 12.7. The van der Waals surface area contributed by atoms with Gasteiger partial charge in [0.05, 0.1) is 0 Å². The lowest BCUT2D eigenvalue weighted by Gasteiger charge is -2.38. The highest BCUT2D eigenvalue weighted by molar-refractivity contribution is 5.98. The molecule has 1 aliphatic rings. The number of amides is 2. The summed E-state index contributed by atoms with van der Waals surface area (Å²) in [6.07, 6.45) is 0. The lowest BCUT2D eigenvalue weighted by atomic mass is 9.97. The Hall–Kier alpha value is -1.88. The van der Waals surface area contributed by atoms with Crippen LogP contribution in [0.15, 0.2) is 24.3 Å². The Bertz CT molecular complexity index is 590. The molecular formula is C19H29N3O2. The molecule has 2 amide bonds. The highest BCUT2D eigenvalue weighted by Gasteiger charge is 2.28. The van der Waals surface area contributed by atoms with Gasteiger partial charge in [-0.25, -0.2) is 0 Å². The molecule has 0 radical (unpaired) electrons. The molecule has 1 fully saturated rings. The van der Waals surface area contributed by atoms with Gasteiger partial charge in [-0.1, -0.05) is 20.8 Å². The molecule has 0 bridgehead atoms. The SMILES string of the molecule is CC1NCCN(C(=O)c2ccc(C(=O)NCC(C)(C)C)cc2)C1C. The minimum Gasteiger partial charge on any atom is -0.352 e. The minimum atomic E-state index is -0.104. The number of rotatable bonds is 3. The Labute approximate surface area is 144 Å². The summed E-state index contributed by atoms with van der Waals surface area (Å²) in [6, 6.07) is 7.37. The van der Waals surface area contributed by atoms with Crippen molar-refractivity contribution in [3.63, 3.8) is 0 Å². The zero-order valence-corrected chi connectivity index (χ0v) is 15.3. The molecule has 1 aliphatic heterocycles. The first-order chi connectivity index (χ1) is 11.2. The summed E-state index contributed by atoms with van der Waals surface area (Å²) in [7, 11) is 0. The first kappa shape index (κ1) is 18.5. The second kappa shape index (κ2) is 7.34. The topological polar surface area (TPSA) is 61.4 Å². The van der Waals surface area contributed by atoms with Gasteiger partial charge in [0.25, 0.3) is 11.8 Å². The highest BCUT2D eigenvalue weighted by Crippen LogP contribution is 2.15. The van der Waals surface area contributed by atoms with E-state index in [-0.39, 0.29) is 29.3 Å². The highest BCUT2D eigenvalue weighted by atomic mass is 16.2. The van der Waals surface area contributed by atoms with E-state index in [4.69, 9.17) is 0 Å². The lowest BCUT2D eigenvalue weighted by Crippen LogP contribution is -2.57. The van der Waals surface area contributed by atoms with Crippen molar-refractivity contribution in [1.29, 1.82) is 0 Å². The van der Waals surface area contributed by atoms with Crippen molar-refractivity contribution in [1.82, 2.24) is 15.5 Å². The number of piperazine rings is 1. The van der Waals surface area contributed by atoms with Crippen LogP contribution in [0, 0.1) is 5.41 Å².